The average Bonchev–Trinajstić information content (AvgIpc) is 2.84. The van der Waals surface area contributed by atoms with Crippen LogP contribution in [0.2, 0.25) is 0 Å². The van der Waals surface area contributed by atoms with Crippen molar-refractivity contribution in [2.45, 2.75) is 32.1 Å². The van der Waals surface area contributed by atoms with Gasteiger partial charge in [-0.3, -0.25) is 4.79 Å². The summed E-state index contributed by atoms with van der Waals surface area (Å²) in [5.41, 5.74) is 3.32. The summed E-state index contributed by atoms with van der Waals surface area (Å²) in [7, 11) is 1.62. The highest BCUT2D eigenvalue weighted by Crippen LogP contribution is 2.26. The number of aromatic nitrogens is 2. The Labute approximate surface area is 189 Å². The van der Waals surface area contributed by atoms with E-state index in [-0.39, 0.29) is 5.91 Å². The molecule has 1 fully saturated rings. The molecule has 0 atom stereocenters. The standard InChI is InChI=1S/C26H30N4O2/c1-19-24(26(31)29-22-8-10-23(32-2)11-9-22)18-27-25(28-19)21-13-16-30(17-14-21)15-12-20-6-4-3-5-7-20/h3-11,18,21H,12-17H2,1-2H3,(H,29,31). The van der Waals surface area contributed by atoms with Crippen LogP contribution in [0.3, 0.4) is 0 Å². The summed E-state index contributed by atoms with van der Waals surface area (Å²) >= 11 is 0. The van der Waals surface area contributed by atoms with Gasteiger partial charge < -0.3 is 15.0 Å². The van der Waals surface area contributed by atoms with Gasteiger partial charge >= 0.3 is 0 Å². The molecule has 1 N–H and O–H groups in total. The Hall–Kier alpha value is -3.25. The van der Waals surface area contributed by atoms with E-state index >= 15 is 0 Å². The Morgan fingerprint density at radius 3 is 2.47 bits per heavy atom. The first-order valence-corrected chi connectivity index (χ1v) is 11.2. The average molecular weight is 431 g/mol. The first kappa shape index (κ1) is 22.0. The fraction of sp³-hybridized carbons (Fsp3) is 0.346. The van der Waals surface area contributed by atoms with Gasteiger partial charge in [0, 0.05) is 24.3 Å². The molecular formula is C26H30N4O2. The second-order valence-electron chi connectivity index (χ2n) is 8.26. The summed E-state index contributed by atoms with van der Waals surface area (Å²) in [6.07, 6.45) is 4.84. The molecule has 0 unspecified atom stereocenters. The van der Waals surface area contributed by atoms with E-state index in [4.69, 9.17) is 9.72 Å². The molecule has 6 heteroatoms. The minimum atomic E-state index is -0.199. The van der Waals surface area contributed by atoms with E-state index in [0.717, 1.165) is 50.5 Å². The number of carbonyl (C=O) groups excluding carboxylic acids is 1. The first-order chi connectivity index (χ1) is 15.6. The van der Waals surface area contributed by atoms with Gasteiger partial charge in [-0.2, -0.15) is 0 Å². The maximum Gasteiger partial charge on any atom is 0.259 e. The van der Waals surface area contributed by atoms with Crippen molar-refractivity contribution in [3.05, 3.63) is 83.4 Å². The molecule has 3 aromatic rings. The van der Waals surface area contributed by atoms with Crippen molar-refractivity contribution in [2.24, 2.45) is 0 Å². The van der Waals surface area contributed by atoms with E-state index in [2.05, 4.69) is 45.5 Å². The molecule has 0 aliphatic carbocycles. The van der Waals surface area contributed by atoms with Crippen molar-refractivity contribution in [3.8, 4) is 5.75 Å². The number of likely N-dealkylation sites (tertiary alicyclic amines) is 1. The molecule has 32 heavy (non-hydrogen) atoms. The van der Waals surface area contributed by atoms with Gasteiger partial charge in [0.2, 0.25) is 0 Å². The van der Waals surface area contributed by atoms with Crippen molar-refractivity contribution in [1.29, 1.82) is 0 Å². The number of amides is 1. The van der Waals surface area contributed by atoms with Crippen LogP contribution in [0.5, 0.6) is 5.75 Å². The van der Waals surface area contributed by atoms with Crippen LogP contribution in [-0.2, 0) is 6.42 Å². The zero-order chi connectivity index (χ0) is 22.3. The molecule has 6 nitrogen and oxygen atoms in total. The number of hydrogen-bond acceptors (Lipinski definition) is 5. The fourth-order valence-corrected chi connectivity index (χ4v) is 4.12. The van der Waals surface area contributed by atoms with Gasteiger partial charge in [0.25, 0.3) is 5.91 Å². The van der Waals surface area contributed by atoms with Crippen LogP contribution < -0.4 is 10.1 Å². The molecule has 4 rings (SSSR count). The molecule has 1 aliphatic heterocycles. The lowest BCUT2D eigenvalue weighted by Crippen LogP contribution is -2.35. The van der Waals surface area contributed by atoms with Gasteiger partial charge in [-0.05, 0) is 69.1 Å². The van der Waals surface area contributed by atoms with Gasteiger partial charge in [0.15, 0.2) is 0 Å². The van der Waals surface area contributed by atoms with Crippen molar-refractivity contribution in [3.63, 3.8) is 0 Å². The highest BCUT2D eigenvalue weighted by atomic mass is 16.5. The number of hydrogen-bond donors (Lipinski definition) is 1. The smallest absolute Gasteiger partial charge is 0.259 e. The predicted octanol–water partition coefficient (Wildman–Crippen LogP) is 4.47. The van der Waals surface area contributed by atoms with E-state index in [1.165, 1.54) is 5.56 Å². The van der Waals surface area contributed by atoms with Crippen LogP contribution in [0.1, 0.15) is 46.2 Å². The maximum absolute atomic E-state index is 12.7. The van der Waals surface area contributed by atoms with Crippen molar-refractivity contribution >= 4 is 11.6 Å². The Morgan fingerprint density at radius 2 is 1.81 bits per heavy atom. The normalized spacial score (nSPS) is 14.8. The van der Waals surface area contributed by atoms with E-state index in [9.17, 15) is 4.79 Å². The number of piperidine rings is 1. The van der Waals surface area contributed by atoms with Gasteiger partial charge in [-0.15, -0.1) is 0 Å². The molecule has 166 valence electrons. The molecule has 2 heterocycles. The third-order valence-electron chi connectivity index (χ3n) is 6.10. The Morgan fingerprint density at radius 1 is 1.09 bits per heavy atom. The molecule has 0 saturated carbocycles. The molecule has 1 saturated heterocycles. The molecule has 0 spiro atoms. The Bertz CT molecular complexity index is 1030. The number of ether oxygens (including phenoxy) is 1. The highest BCUT2D eigenvalue weighted by molar-refractivity contribution is 6.04. The Kier molecular flexibility index (Phi) is 7.12. The molecule has 1 amide bonds. The Balaban J connectivity index is 1.31. The summed E-state index contributed by atoms with van der Waals surface area (Å²) in [4.78, 5) is 24.5. The first-order valence-electron chi connectivity index (χ1n) is 11.2. The van der Waals surface area contributed by atoms with Crippen molar-refractivity contribution in [1.82, 2.24) is 14.9 Å². The predicted molar refractivity (Wildman–Crippen MR) is 126 cm³/mol. The lowest BCUT2D eigenvalue weighted by molar-refractivity contribution is 0.102. The van der Waals surface area contributed by atoms with Crippen LogP contribution in [0, 0.1) is 6.92 Å². The van der Waals surface area contributed by atoms with Gasteiger partial charge in [0.1, 0.15) is 11.6 Å². The number of aryl methyl sites for hydroxylation is 1. The maximum atomic E-state index is 12.7. The molecule has 0 bridgehead atoms. The SMILES string of the molecule is COc1ccc(NC(=O)c2cnc(C3CCN(CCc4ccccc4)CC3)nc2C)cc1. The van der Waals surface area contributed by atoms with Gasteiger partial charge in [-0.1, -0.05) is 30.3 Å². The zero-order valence-corrected chi connectivity index (χ0v) is 18.8. The second kappa shape index (κ2) is 10.4. The summed E-state index contributed by atoms with van der Waals surface area (Å²) in [6, 6.07) is 17.9. The summed E-state index contributed by atoms with van der Waals surface area (Å²) in [5, 5.41) is 2.90. The minimum Gasteiger partial charge on any atom is -0.497 e. The molecule has 2 aromatic carbocycles. The minimum absolute atomic E-state index is 0.199. The number of nitrogens with one attached hydrogen (secondary N) is 1. The lowest BCUT2D eigenvalue weighted by atomic mass is 9.95. The number of anilines is 1. The third-order valence-corrected chi connectivity index (χ3v) is 6.10. The zero-order valence-electron chi connectivity index (χ0n) is 18.8. The highest BCUT2D eigenvalue weighted by Gasteiger charge is 2.23. The largest absolute Gasteiger partial charge is 0.497 e. The topological polar surface area (TPSA) is 67.3 Å². The van der Waals surface area contributed by atoms with Gasteiger partial charge in [0.05, 0.1) is 18.4 Å². The van der Waals surface area contributed by atoms with Crippen LogP contribution in [0.4, 0.5) is 5.69 Å². The number of carbonyl (C=O) groups is 1. The van der Waals surface area contributed by atoms with E-state index in [0.29, 0.717) is 22.9 Å². The quantitative estimate of drug-likeness (QED) is 0.599. The van der Waals surface area contributed by atoms with E-state index in [1.54, 1.807) is 13.3 Å². The monoisotopic (exact) mass is 430 g/mol. The number of methoxy groups -OCH3 is 1. The van der Waals surface area contributed by atoms with Crippen LogP contribution >= 0.6 is 0 Å². The van der Waals surface area contributed by atoms with Crippen molar-refractivity contribution < 1.29 is 9.53 Å². The van der Waals surface area contributed by atoms with Gasteiger partial charge in [-0.25, -0.2) is 9.97 Å². The second-order valence-corrected chi connectivity index (χ2v) is 8.26. The molecule has 0 radical (unpaired) electrons. The van der Waals surface area contributed by atoms with E-state index in [1.807, 2.05) is 31.2 Å². The third kappa shape index (κ3) is 5.51. The molecule has 1 aromatic heterocycles. The number of nitrogens with zero attached hydrogens (tertiary/aromatic N) is 3. The fourth-order valence-electron chi connectivity index (χ4n) is 4.12. The van der Waals surface area contributed by atoms with Crippen LogP contribution in [0.15, 0.2) is 60.8 Å². The summed E-state index contributed by atoms with van der Waals surface area (Å²) in [5.74, 6) is 1.75. The molecule has 1 aliphatic rings. The number of rotatable bonds is 7. The molecular weight excluding hydrogens is 400 g/mol. The van der Waals surface area contributed by atoms with Crippen LogP contribution in [0.25, 0.3) is 0 Å². The lowest BCUT2D eigenvalue weighted by Gasteiger charge is -2.31. The number of benzene rings is 2. The summed E-state index contributed by atoms with van der Waals surface area (Å²) < 4.78 is 5.15. The summed E-state index contributed by atoms with van der Waals surface area (Å²) in [6.45, 7) is 5.07. The van der Waals surface area contributed by atoms with E-state index < -0.39 is 0 Å². The van der Waals surface area contributed by atoms with Crippen molar-refractivity contribution in [2.75, 3.05) is 32.1 Å². The van der Waals surface area contributed by atoms with Crippen LogP contribution in [-0.4, -0.2) is 47.5 Å².